The third kappa shape index (κ3) is 0.228. The highest BCUT2D eigenvalue weighted by atomic mass is 28.3. The van der Waals surface area contributed by atoms with E-state index in [0.717, 1.165) is 0 Å². The van der Waals surface area contributed by atoms with E-state index < -0.39 is 8.40 Å². The van der Waals surface area contributed by atoms with E-state index in [-0.39, 0.29) is 0 Å². The zero-order valence-electron chi connectivity index (χ0n) is 4.13. The molecule has 2 heterocycles. The normalized spacial score (nSPS) is 52.4. The molecule has 2 rings (SSSR count). The van der Waals surface area contributed by atoms with Crippen LogP contribution in [-0.4, -0.2) is 20.8 Å². The number of fused-ring (bicyclic) bond motifs is 1. The fourth-order valence-corrected chi connectivity index (χ4v) is 2.40. The van der Waals surface area contributed by atoms with Crippen LogP contribution < -0.4 is 0 Å². The maximum Gasteiger partial charge on any atom is 0.311 e. The van der Waals surface area contributed by atoms with Crippen LogP contribution in [0.1, 0.15) is 0 Å². The molecule has 0 saturated heterocycles. The van der Waals surface area contributed by atoms with Gasteiger partial charge >= 0.3 is 8.40 Å². The Morgan fingerprint density at radius 2 is 1.86 bits per heavy atom. The Hall–Kier alpha value is -0.443. The lowest BCUT2D eigenvalue weighted by Crippen LogP contribution is -2.49. The second-order valence-electron chi connectivity index (χ2n) is 2.18. The first-order valence-electron chi connectivity index (χ1n) is 2.42. The third-order valence-electron chi connectivity index (χ3n) is 1.62. The van der Waals surface area contributed by atoms with E-state index in [1.807, 2.05) is 12.4 Å². The van der Waals surface area contributed by atoms with Gasteiger partial charge in [-0.15, -0.1) is 0 Å². The number of nitrogens with zero attached hydrogens (tertiary/aromatic N) is 2. The summed E-state index contributed by atoms with van der Waals surface area (Å²) in [6.07, 6.45) is 4.00. The maximum absolute atomic E-state index is 4.19. The second kappa shape index (κ2) is 0.732. The van der Waals surface area contributed by atoms with Crippen molar-refractivity contribution in [1.29, 1.82) is 0 Å². The van der Waals surface area contributed by atoms with Crippen LogP contribution in [0.15, 0.2) is 9.32 Å². The monoisotopic (exact) mass is 110 g/mol. The van der Waals surface area contributed by atoms with Crippen molar-refractivity contribution in [3.63, 3.8) is 0 Å². The van der Waals surface area contributed by atoms with Gasteiger partial charge in [0.05, 0.1) is 5.54 Å². The van der Waals surface area contributed by atoms with Crippen molar-refractivity contribution >= 4 is 20.8 Å². The quantitative estimate of drug-likeness (QED) is 0.408. The average molecular weight is 110 g/mol. The first-order chi connectivity index (χ1) is 3.31. The summed E-state index contributed by atoms with van der Waals surface area (Å²) in [6.45, 7) is 2.18. The molecule has 0 aliphatic carbocycles. The number of hydrogen-bond donors (Lipinski definition) is 0. The predicted octanol–water partition coefficient (Wildman–Crippen LogP) is 0.597. The first-order valence-corrected chi connectivity index (χ1v) is 4.89. The van der Waals surface area contributed by atoms with Crippen LogP contribution in [0.25, 0.3) is 0 Å². The lowest BCUT2D eigenvalue weighted by molar-refractivity contribution is 1.21. The minimum Gasteiger partial charge on any atom is -0.306 e. The van der Waals surface area contributed by atoms with E-state index in [9.17, 15) is 0 Å². The van der Waals surface area contributed by atoms with Gasteiger partial charge in [0.25, 0.3) is 0 Å². The van der Waals surface area contributed by atoms with Crippen LogP contribution >= 0.6 is 0 Å². The van der Waals surface area contributed by atoms with E-state index in [4.69, 9.17) is 0 Å². The molecule has 0 aromatic carbocycles. The summed E-state index contributed by atoms with van der Waals surface area (Å²) in [5.74, 6) is 0. The molecule has 2 aliphatic rings. The summed E-state index contributed by atoms with van der Waals surface area (Å²) in [5.41, 5.74) is 0.715. The Kier molecular flexibility index (Phi) is 0.371. The van der Waals surface area contributed by atoms with Gasteiger partial charge in [-0.2, -0.15) is 0 Å². The topological polar surface area (TPSA) is 24.7 Å². The fraction of sp³-hybridized carbons (Fsp3) is 0.500. The summed E-state index contributed by atoms with van der Waals surface area (Å²) in [4.78, 5) is 0. The van der Waals surface area contributed by atoms with Crippen molar-refractivity contribution in [2.24, 2.45) is 9.32 Å². The summed E-state index contributed by atoms with van der Waals surface area (Å²) in [6, 6.07) is 0. The van der Waals surface area contributed by atoms with Crippen molar-refractivity contribution in [3.8, 4) is 0 Å². The van der Waals surface area contributed by atoms with Gasteiger partial charge in [0.1, 0.15) is 0 Å². The fourth-order valence-electron chi connectivity index (χ4n) is 0.825. The Labute approximate surface area is 43.2 Å². The van der Waals surface area contributed by atoms with Crippen molar-refractivity contribution in [1.82, 2.24) is 0 Å². The smallest absolute Gasteiger partial charge is 0.306 e. The van der Waals surface area contributed by atoms with Gasteiger partial charge in [0.15, 0.2) is 0 Å². The largest absolute Gasteiger partial charge is 0.311 e. The van der Waals surface area contributed by atoms with Crippen molar-refractivity contribution in [2.45, 2.75) is 12.1 Å². The number of hydrogen-bond acceptors (Lipinski definition) is 2. The zero-order valence-corrected chi connectivity index (χ0v) is 5.13. The Balaban J connectivity index is 2.44. The van der Waals surface area contributed by atoms with Gasteiger partial charge in [0.2, 0.25) is 0 Å². The SMILES string of the molecule is C[Si]12N=CC1C=N2. The standard InChI is InChI=1S/C4H6N2Si/c1-7-4(2-5-7)3-6-7/h2-4H,1H3. The van der Waals surface area contributed by atoms with Crippen LogP contribution in [0.4, 0.5) is 0 Å². The summed E-state index contributed by atoms with van der Waals surface area (Å²) >= 11 is 0. The second-order valence-corrected chi connectivity index (χ2v) is 5.55. The van der Waals surface area contributed by atoms with Crippen LogP contribution in [0.2, 0.25) is 12.1 Å². The van der Waals surface area contributed by atoms with E-state index in [1.54, 1.807) is 0 Å². The molecule has 0 spiro atoms. The molecule has 7 heavy (non-hydrogen) atoms. The Bertz CT molecular complexity index is 147. The Morgan fingerprint density at radius 3 is 1.86 bits per heavy atom. The molecular formula is C4H6N2Si. The minimum absolute atomic E-state index is 0.715. The molecule has 0 N–H and O–H groups in total. The Morgan fingerprint density at radius 1 is 1.43 bits per heavy atom. The molecule has 2 aliphatic heterocycles. The highest BCUT2D eigenvalue weighted by molar-refractivity contribution is 6.91. The molecule has 0 bridgehead atoms. The van der Waals surface area contributed by atoms with Crippen LogP contribution in [-0.2, 0) is 0 Å². The van der Waals surface area contributed by atoms with Gasteiger partial charge in [-0.25, -0.2) is 0 Å². The minimum atomic E-state index is -1.23. The summed E-state index contributed by atoms with van der Waals surface area (Å²) in [5, 5.41) is 0. The highest BCUT2D eigenvalue weighted by Crippen LogP contribution is 2.35. The van der Waals surface area contributed by atoms with Gasteiger partial charge in [0, 0.05) is 0 Å². The third-order valence-corrected chi connectivity index (χ3v) is 4.53. The maximum atomic E-state index is 4.19. The predicted molar refractivity (Wildman–Crippen MR) is 32.4 cm³/mol. The van der Waals surface area contributed by atoms with Gasteiger partial charge in [-0.05, 0) is 19.0 Å². The van der Waals surface area contributed by atoms with Crippen molar-refractivity contribution < 1.29 is 0 Å². The molecule has 0 saturated carbocycles. The molecule has 36 valence electrons. The van der Waals surface area contributed by atoms with Crippen molar-refractivity contribution in [2.75, 3.05) is 0 Å². The van der Waals surface area contributed by atoms with Crippen molar-refractivity contribution in [3.05, 3.63) is 0 Å². The van der Waals surface area contributed by atoms with Gasteiger partial charge in [-0.3, -0.25) is 0 Å². The molecule has 0 aromatic heterocycles. The molecule has 2 nitrogen and oxygen atoms in total. The van der Waals surface area contributed by atoms with Crippen LogP contribution in [0.5, 0.6) is 0 Å². The molecule has 0 radical (unpaired) electrons. The van der Waals surface area contributed by atoms with E-state index in [0.29, 0.717) is 5.54 Å². The number of rotatable bonds is 0. The molecular weight excluding hydrogens is 104 g/mol. The highest BCUT2D eigenvalue weighted by Gasteiger charge is 2.47. The zero-order chi connectivity index (χ0) is 4.91. The van der Waals surface area contributed by atoms with Crippen LogP contribution in [0.3, 0.4) is 0 Å². The lowest BCUT2D eigenvalue weighted by Gasteiger charge is -2.37. The lowest BCUT2D eigenvalue weighted by atomic mass is 10.5. The summed E-state index contributed by atoms with van der Waals surface area (Å²) < 4.78 is 8.37. The van der Waals surface area contributed by atoms with Gasteiger partial charge < -0.3 is 9.32 Å². The molecule has 0 unspecified atom stereocenters. The average Bonchev–Trinajstić information content (AvgIpc) is 1.67. The molecule has 0 fully saturated rings. The van der Waals surface area contributed by atoms with E-state index in [1.165, 1.54) is 0 Å². The van der Waals surface area contributed by atoms with Crippen LogP contribution in [0, 0.1) is 0 Å². The summed E-state index contributed by atoms with van der Waals surface area (Å²) in [7, 11) is -1.23. The molecule has 0 amide bonds. The van der Waals surface area contributed by atoms with Gasteiger partial charge in [-0.1, -0.05) is 0 Å². The molecule has 3 heteroatoms. The first kappa shape index (κ1) is 3.55. The molecule has 0 aromatic rings. The molecule has 0 atom stereocenters. The van der Waals surface area contributed by atoms with E-state index >= 15 is 0 Å². The van der Waals surface area contributed by atoms with E-state index in [2.05, 4.69) is 15.9 Å².